The quantitative estimate of drug-likeness (QED) is 0.489. The summed E-state index contributed by atoms with van der Waals surface area (Å²) in [6.45, 7) is 7.79. The Morgan fingerprint density at radius 3 is 2.67 bits per heavy atom. The Kier molecular flexibility index (Phi) is 5.89. The van der Waals surface area contributed by atoms with Crippen LogP contribution in [0.3, 0.4) is 0 Å². The highest BCUT2D eigenvalue weighted by Crippen LogP contribution is 2.16. The lowest BCUT2D eigenvalue weighted by Crippen LogP contribution is -2.09. The van der Waals surface area contributed by atoms with Crippen molar-refractivity contribution in [3.63, 3.8) is 0 Å². The minimum Gasteiger partial charge on any atom is -0.469 e. The first-order chi connectivity index (χ1) is 5.56. The number of hydrogen-bond donors (Lipinski definition) is 0. The van der Waals surface area contributed by atoms with Gasteiger partial charge in [-0.05, 0) is 6.92 Å². The molecule has 0 saturated carbocycles. The SMILES string of the molecule is C=C(C)CSC(C)CC(=O)OC. The molecular weight excluding hydrogens is 172 g/mol. The van der Waals surface area contributed by atoms with Crippen molar-refractivity contribution in [2.24, 2.45) is 0 Å². The molecule has 12 heavy (non-hydrogen) atoms. The molecule has 0 rings (SSSR count). The number of esters is 1. The van der Waals surface area contributed by atoms with E-state index in [9.17, 15) is 4.79 Å². The van der Waals surface area contributed by atoms with Gasteiger partial charge in [0.25, 0.3) is 0 Å². The van der Waals surface area contributed by atoms with Crippen molar-refractivity contribution in [2.75, 3.05) is 12.9 Å². The molecule has 3 heteroatoms. The maximum atomic E-state index is 10.8. The highest BCUT2D eigenvalue weighted by atomic mass is 32.2. The van der Waals surface area contributed by atoms with E-state index >= 15 is 0 Å². The van der Waals surface area contributed by atoms with Crippen molar-refractivity contribution >= 4 is 17.7 Å². The average Bonchev–Trinajstić information content (AvgIpc) is 2.00. The maximum Gasteiger partial charge on any atom is 0.306 e. The maximum absolute atomic E-state index is 10.8. The molecule has 0 spiro atoms. The van der Waals surface area contributed by atoms with E-state index in [4.69, 9.17) is 0 Å². The van der Waals surface area contributed by atoms with Crippen LogP contribution >= 0.6 is 11.8 Å². The van der Waals surface area contributed by atoms with Crippen molar-refractivity contribution in [1.29, 1.82) is 0 Å². The lowest BCUT2D eigenvalue weighted by Gasteiger charge is -2.08. The number of carbonyl (C=O) groups is 1. The number of methoxy groups -OCH3 is 1. The van der Waals surface area contributed by atoms with Gasteiger partial charge in [-0.25, -0.2) is 0 Å². The first kappa shape index (κ1) is 11.6. The lowest BCUT2D eigenvalue weighted by atomic mass is 10.3. The molecule has 0 N–H and O–H groups in total. The third-order valence-corrected chi connectivity index (χ3v) is 2.69. The summed E-state index contributed by atoms with van der Waals surface area (Å²) in [6.07, 6.45) is 0.481. The highest BCUT2D eigenvalue weighted by Gasteiger charge is 2.08. The fraction of sp³-hybridized carbons (Fsp3) is 0.667. The Bertz CT molecular complexity index is 166. The monoisotopic (exact) mass is 188 g/mol. The molecule has 0 aliphatic rings. The second-order valence-corrected chi connectivity index (χ2v) is 4.29. The smallest absolute Gasteiger partial charge is 0.306 e. The van der Waals surface area contributed by atoms with E-state index in [0.717, 1.165) is 11.3 Å². The fourth-order valence-corrected chi connectivity index (χ4v) is 1.48. The van der Waals surface area contributed by atoms with Gasteiger partial charge in [-0.3, -0.25) is 4.79 Å². The Morgan fingerprint density at radius 1 is 1.67 bits per heavy atom. The Hall–Kier alpha value is -0.440. The normalized spacial score (nSPS) is 12.2. The molecule has 1 unspecified atom stereocenters. The first-order valence-electron chi connectivity index (χ1n) is 3.89. The summed E-state index contributed by atoms with van der Waals surface area (Å²) >= 11 is 1.73. The molecular formula is C9H16O2S. The van der Waals surface area contributed by atoms with Gasteiger partial charge in [0.2, 0.25) is 0 Å². The predicted molar refractivity (Wildman–Crippen MR) is 53.4 cm³/mol. The number of ether oxygens (including phenoxy) is 1. The van der Waals surface area contributed by atoms with Gasteiger partial charge in [-0.15, -0.1) is 0 Å². The predicted octanol–water partition coefficient (Wildman–Crippen LogP) is 2.25. The first-order valence-corrected chi connectivity index (χ1v) is 4.94. The van der Waals surface area contributed by atoms with Crippen LogP contribution in [0.1, 0.15) is 20.3 Å². The number of hydrogen-bond acceptors (Lipinski definition) is 3. The van der Waals surface area contributed by atoms with Crippen LogP contribution < -0.4 is 0 Å². The van der Waals surface area contributed by atoms with E-state index in [-0.39, 0.29) is 5.97 Å². The summed E-state index contributed by atoms with van der Waals surface area (Å²) in [5, 5.41) is 0.314. The van der Waals surface area contributed by atoms with Crippen molar-refractivity contribution in [1.82, 2.24) is 0 Å². The summed E-state index contributed by atoms with van der Waals surface area (Å²) in [4.78, 5) is 10.8. The summed E-state index contributed by atoms with van der Waals surface area (Å²) in [5.74, 6) is 0.773. The molecule has 0 heterocycles. The van der Waals surface area contributed by atoms with Gasteiger partial charge in [0.1, 0.15) is 0 Å². The summed E-state index contributed by atoms with van der Waals surface area (Å²) in [7, 11) is 1.42. The van der Waals surface area contributed by atoms with Crippen LogP contribution in [0.25, 0.3) is 0 Å². The number of rotatable bonds is 5. The average molecular weight is 188 g/mol. The van der Waals surface area contributed by atoms with E-state index in [1.54, 1.807) is 11.8 Å². The van der Waals surface area contributed by atoms with Gasteiger partial charge in [0.15, 0.2) is 0 Å². The van der Waals surface area contributed by atoms with Gasteiger partial charge in [0.05, 0.1) is 13.5 Å². The van der Waals surface area contributed by atoms with Crippen LogP contribution in [0.4, 0.5) is 0 Å². The zero-order valence-corrected chi connectivity index (χ0v) is 8.74. The van der Waals surface area contributed by atoms with E-state index in [1.165, 1.54) is 7.11 Å². The molecule has 0 aromatic heterocycles. The third-order valence-electron chi connectivity index (χ3n) is 1.30. The standard InChI is InChI=1S/C9H16O2S/c1-7(2)6-12-8(3)5-9(10)11-4/h8H,1,5-6H2,2-4H3. The molecule has 0 aliphatic carbocycles. The second-order valence-electron chi connectivity index (χ2n) is 2.86. The second kappa shape index (κ2) is 6.12. The minimum absolute atomic E-state index is 0.142. The van der Waals surface area contributed by atoms with E-state index in [0.29, 0.717) is 11.7 Å². The molecule has 2 nitrogen and oxygen atoms in total. The minimum atomic E-state index is -0.142. The molecule has 0 fully saturated rings. The Morgan fingerprint density at radius 2 is 2.25 bits per heavy atom. The molecule has 0 amide bonds. The van der Waals surface area contributed by atoms with Crippen molar-refractivity contribution in [3.8, 4) is 0 Å². The number of thioether (sulfide) groups is 1. The van der Waals surface area contributed by atoms with Crippen LogP contribution in [0.5, 0.6) is 0 Å². The van der Waals surface area contributed by atoms with Gasteiger partial charge in [0, 0.05) is 11.0 Å². The van der Waals surface area contributed by atoms with Gasteiger partial charge < -0.3 is 4.74 Å². The summed E-state index contributed by atoms with van der Waals surface area (Å²) in [6, 6.07) is 0. The van der Waals surface area contributed by atoms with Crippen LogP contribution in [0.15, 0.2) is 12.2 Å². The van der Waals surface area contributed by atoms with Crippen molar-refractivity contribution in [2.45, 2.75) is 25.5 Å². The Labute approximate surface area is 78.4 Å². The molecule has 0 aromatic carbocycles. The molecule has 0 radical (unpaired) electrons. The van der Waals surface area contributed by atoms with E-state index < -0.39 is 0 Å². The van der Waals surface area contributed by atoms with E-state index in [2.05, 4.69) is 11.3 Å². The molecule has 1 atom stereocenters. The van der Waals surface area contributed by atoms with Crippen LogP contribution in [-0.4, -0.2) is 24.1 Å². The van der Waals surface area contributed by atoms with Crippen LogP contribution in [0, 0.1) is 0 Å². The van der Waals surface area contributed by atoms with E-state index in [1.807, 2.05) is 13.8 Å². The third kappa shape index (κ3) is 6.28. The Balaban J connectivity index is 3.52. The molecule has 0 bridgehead atoms. The lowest BCUT2D eigenvalue weighted by molar-refractivity contribution is -0.140. The van der Waals surface area contributed by atoms with Gasteiger partial charge in [-0.2, -0.15) is 11.8 Å². The van der Waals surface area contributed by atoms with Gasteiger partial charge >= 0.3 is 5.97 Å². The highest BCUT2D eigenvalue weighted by molar-refractivity contribution is 8.00. The number of carbonyl (C=O) groups excluding carboxylic acids is 1. The van der Waals surface area contributed by atoms with Crippen LogP contribution in [-0.2, 0) is 9.53 Å². The zero-order chi connectivity index (χ0) is 9.56. The molecule has 70 valence electrons. The molecule has 0 aliphatic heterocycles. The largest absolute Gasteiger partial charge is 0.469 e. The summed E-state index contributed by atoms with van der Waals surface area (Å²) in [5.41, 5.74) is 1.14. The molecule has 0 aromatic rings. The van der Waals surface area contributed by atoms with Crippen LogP contribution in [0.2, 0.25) is 0 Å². The van der Waals surface area contributed by atoms with Crippen molar-refractivity contribution < 1.29 is 9.53 Å². The topological polar surface area (TPSA) is 26.3 Å². The summed E-state index contributed by atoms with van der Waals surface area (Å²) < 4.78 is 4.55. The van der Waals surface area contributed by atoms with Gasteiger partial charge in [-0.1, -0.05) is 19.1 Å². The fourth-order valence-electron chi connectivity index (χ4n) is 0.661. The van der Waals surface area contributed by atoms with Crippen molar-refractivity contribution in [3.05, 3.63) is 12.2 Å². The zero-order valence-electron chi connectivity index (χ0n) is 7.92. The molecule has 0 saturated heterocycles.